The molecule has 0 aliphatic carbocycles. The van der Waals surface area contributed by atoms with E-state index in [0.717, 1.165) is 12.1 Å². The molecule has 2 aromatic rings. The lowest BCUT2D eigenvalue weighted by atomic mass is 9.95. The highest BCUT2D eigenvalue weighted by Gasteiger charge is 2.40. The number of ether oxygens (including phenoxy) is 1. The van der Waals surface area contributed by atoms with Crippen molar-refractivity contribution >= 4 is 17.6 Å². The molecule has 23 heavy (non-hydrogen) atoms. The monoisotopic (exact) mass is 335 g/mol. The zero-order valence-corrected chi connectivity index (χ0v) is 12.6. The van der Waals surface area contributed by atoms with Gasteiger partial charge in [0.2, 0.25) is 5.60 Å². The van der Waals surface area contributed by atoms with E-state index < -0.39 is 34.5 Å². The predicted octanol–water partition coefficient (Wildman–Crippen LogP) is 3.44. The van der Waals surface area contributed by atoms with E-state index >= 15 is 0 Å². The fraction of sp³-hybridized carbons (Fsp3) is 0.125. The zero-order chi connectivity index (χ0) is 17.2. The number of carboxylic acids is 1. The Balaban J connectivity index is 2.61. The molecule has 0 radical (unpaired) electrons. The van der Waals surface area contributed by atoms with Crippen LogP contribution in [0.25, 0.3) is 0 Å². The van der Waals surface area contributed by atoms with Gasteiger partial charge in [-0.15, -0.1) is 0 Å². The van der Waals surface area contributed by atoms with E-state index in [1.54, 1.807) is 18.2 Å². The van der Waals surface area contributed by atoms with E-state index in [-0.39, 0.29) is 10.6 Å². The first-order valence-corrected chi connectivity index (χ1v) is 6.77. The highest BCUT2D eigenvalue weighted by molar-refractivity contribution is 6.31. The number of hydrogen-bond donors (Lipinski definition) is 2. The van der Waals surface area contributed by atoms with Crippen molar-refractivity contribution in [3.05, 3.63) is 58.4 Å². The Kier molecular flexibility index (Phi) is 4.43. The maximum absolute atomic E-state index is 13.7. The second-order valence-electron chi connectivity index (χ2n) is 4.83. The summed E-state index contributed by atoms with van der Waals surface area (Å²) in [6, 6.07) is 9.40. The predicted molar refractivity (Wildman–Crippen MR) is 79.8 cm³/mol. The van der Waals surface area contributed by atoms with Gasteiger partial charge in [0.05, 0.1) is 0 Å². The van der Waals surface area contributed by atoms with E-state index in [1.807, 2.05) is 0 Å². The van der Waals surface area contributed by atoms with Gasteiger partial charge in [0, 0.05) is 22.7 Å². The van der Waals surface area contributed by atoms with Crippen LogP contribution in [-0.2, 0) is 10.4 Å². The molecule has 2 N–H and O–H groups in total. The van der Waals surface area contributed by atoms with Crippen molar-refractivity contribution < 1.29 is 24.1 Å². The molecule has 0 saturated heterocycles. The van der Waals surface area contributed by atoms with E-state index in [2.05, 4.69) is 0 Å². The number of nitrogens with zero attached hydrogens (tertiary/aromatic N) is 1. The van der Waals surface area contributed by atoms with Crippen molar-refractivity contribution in [2.24, 2.45) is 0 Å². The standard InChI is InChI=1S/C16H11ClFNO4/c1-16(15(21)22,11-4-2-3-5-12(11)17)23-14-7-9(20)6-13(18)10(14)8-19/h2-7,20H,1H3,(H,21,22). The molecule has 1 atom stereocenters. The third kappa shape index (κ3) is 3.05. The summed E-state index contributed by atoms with van der Waals surface area (Å²) in [6.45, 7) is 1.22. The molecule has 0 fully saturated rings. The van der Waals surface area contributed by atoms with Crippen LogP contribution in [0.1, 0.15) is 18.1 Å². The average molecular weight is 336 g/mol. The minimum Gasteiger partial charge on any atom is -0.508 e. The van der Waals surface area contributed by atoms with Crippen molar-refractivity contribution in [3.63, 3.8) is 0 Å². The smallest absolute Gasteiger partial charge is 0.352 e. The van der Waals surface area contributed by atoms with Gasteiger partial charge < -0.3 is 14.9 Å². The molecule has 1 unspecified atom stereocenters. The maximum atomic E-state index is 13.7. The molecule has 118 valence electrons. The van der Waals surface area contributed by atoms with Crippen LogP contribution in [0.15, 0.2) is 36.4 Å². The van der Waals surface area contributed by atoms with Gasteiger partial charge in [-0.3, -0.25) is 0 Å². The Labute approximate surface area is 136 Å². The SMILES string of the molecule is CC(Oc1cc(O)cc(F)c1C#N)(C(=O)O)c1ccccc1Cl. The Morgan fingerprint density at radius 2 is 2.04 bits per heavy atom. The molecule has 0 aliphatic rings. The molecular formula is C16H11ClFNO4. The number of aromatic hydroxyl groups is 1. The number of benzene rings is 2. The number of phenols is 1. The maximum Gasteiger partial charge on any atom is 0.352 e. The molecule has 0 spiro atoms. The van der Waals surface area contributed by atoms with Gasteiger partial charge in [-0.2, -0.15) is 5.26 Å². The molecule has 7 heteroatoms. The van der Waals surface area contributed by atoms with Crippen molar-refractivity contribution in [1.82, 2.24) is 0 Å². The van der Waals surface area contributed by atoms with Gasteiger partial charge in [-0.1, -0.05) is 29.8 Å². The van der Waals surface area contributed by atoms with Gasteiger partial charge >= 0.3 is 5.97 Å². The minimum atomic E-state index is -1.98. The summed E-state index contributed by atoms with van der Waals surface area (Å²) >= 11 is 6.02. The van der Waals surface area contributed by atoms with Gasteiger partial charge in [0.15, 0.2) is 0 Å². The molecule has 0 aromatic heterocycles. The lowest BCUT2D eigenvalue weighted by molar-refractivity contribution is -0.154. The molecule has 0 aliphatic heterocycles. The van der Waals surface area contributed by atoms with Crippen LogP contribution in [0.2, 0.25) is 5.02 Å². The number of aliphatic carboxylic acids is 1. The molecule has 5 nitrogen and oxygen atoms in total. The molecule has 0 amide bonds. The molecule has 0 saturated carbocycles. The first kappa shape index (κ1) is 16.6. The van der Waals surface area contributed by atoms with Crippen LogP contribution in [0, 0.1) is 17.1 Å². The number of carboxylic acid groups (broad SMARTS) is 1. The summed E-state index contributed by atoms with van der Waals surface area (Å²) in [5.41, 5.74) is -2.37. The van der Waals surface area contributed by atoms with Crippen molar-refractivity contribution in [1.29, 1.82) is 5.26 Å². The largest absolute Gasteiger partial charge is 0.508 e. The number of phenolic OH excluding ortho intramolecular Hbond substituents is 1. The van der Waals surface area contributed by atoms with Crippen LogP contribution in [-0.4, -0.2) is 16.2 Å². The second-order valence-corrected chi connectivity index (χ2v) is 5.24. The van der Waals surface area contributed by atoms with E-state index in [9.17, 15) is 19.4 Å². The summed E-state index contributed by atoms with van der Waals surface area (Å²) in [7, 11) is 0. The van der Waals surface area contributed by atoms with Crippen molar-refractivity contribution in [2.45, 2.75) is 12.5 Å². The van der Waals surface area contributed by atoms with Crippen LogP contribution < -0.4 is 4.74 Å². The fourth-order valence-electron chi connectivity index (χ4n) is 2.04. The molecule has 2 rings (SSSR count). The molecular weight excluding hydrogens is 325 g/mol. The average Bonchev–Trinajstić information content (AvgIpc) is 2.46. The first-order valence-electron chi connectivity index (χ1n) is 6.39. The summed E-state index contributed by atoms with van der Waals surface area (Å²) in [5.74, 6) is -3.30. The van der Waals surface area contributed by atoms with Gasteiger partial charge in [0.1, 0.15) is 28.9 Å². The number of rotatable bonds is 4. The number of halogens is 2. The third-order valence-corrected chi connectivity index (χ3v) is 3.59. The Morgan fingerprint density at radius 3 is 2.61 bits per heavy atom. The summed E-state index contributed by atoms with van der Waals surface area (Å²) < 4.78 is 19.1. The number of hydrogen-bond acceptors (Lipinski definition) is 4. The van der Waals surface area contributed by atoms with Gasteiger partial charge in [-0.25, -0.2) is 9.18 Å². The van der Waals surface area contributed by atoms with Gasteiger partial charge in [0.25, 0.3) is 0 Å². The quantitative estimate of drug-likeness (QED) is 0.893. The van der Waals surface area contributed by atoms with E-state index in [1.165, 1.54) is 19.1 Å². The Hall–Kier alpha value is -2.78. The first-order chi connectivity index (χ1) is 10.8. The molecule has 0 heterocycles. The normalized spacial score (nSPS) is 13.0. The lowest BCUT2D eigenvalue weighted by Crippen LogP contribution is -2.39. The van der Waals surface area contributed by atoms with Crippen LogP contribution >= 0.6 is 11.6 Å². The molecule has 2 aromatic carbocycles. The minimum absolute atomic E-state index is 0.127. The van der Waals surface area contributed by atoms with E-state index in [0.29, 0.717) is 0 Å². The van der Waals surface area contributed by atoms with Crippen molar-refractivity contribution in [2.75, 3.05) is 0 Å². The van der Waals surface area contributed by atoms with Crippen LogP contribution in [0.3, 0.4) is 0 Å². The summed E-state index contributed by atoms with van der Waals surface area (Å²) in [4.78, 5) is 11.7. The second kappa shape index (κ2) is 6.15. The summed E-state index contributed by atoms with van der Waals surface area (Å²) in [6.07, 6.45) is 0. The fourth-order valence-corrected chi connectivity index (χ4v) is 2.35. The molecule has 0 bridgehead atoms. The third-order valence-electron chi connectivity index (χ3n) is 3.26. The number of carbonyl (C=O) groups is 1. The Bertz CT molecular complexity index is 818. The number of nitriles is 1. The highest BCUT2D eigenvalue weighted by atomic mass is 35.5. The summed E-state index contributed by atoms with van der Waals surface area (Å²) in [5, 5.41) is 28.2. The lowest BCUT2D eigenvalue weighted by Gasteiger charge is -2.28. The van der Waals surface area contributed by atoms with Crippen LogP contribution in [0.5, 0.6) is 11.5 Å². The van der Waals surface area contributed by atoms with Crippen molar-refractivity contribution in [3.8, 4) is 17.6 Å². The topological polar surface area (TPSA) is 90.5 Å². The highest BCUT2D eigenvalue weighted by Crippen LogP contribution is 2.36. The van der Waals surface area contributed by atoms with Crippen LogP contribution in [0.4, 0.5) is 4.39 Å². The van der Waals surface area contributed by atoms with E-state index in [4.69, 9.17) is 21.6 Å². The Morgan fingerprint density at radius 1 is 1.39 bits per heavy atom. The van der Waals surface area contributed by atoms with Gasteiger partial charge in [-0.05, 0) is 13.0 Å². The zero-order valence-electron chi connectivity index (χ0n) is 11.9.